The van der Waals surface area contributed by atoms with Gasteiger partial charge in [0.25, 0.3) is 5.91 Å². The molecule has 3 heteroatoms. The summed E-state index contributed by atoms with van der Waals surface area (Å²) >= 11 is 0. The average molecular weight is 270 g/mol. The van der Waals surface area contributed by atoms with Crippen LogP contribution in [0.1, 0.15) is 43.0 Å². The van der Waals surface area contributed by atoms with Gasteiger partial charge in [-0.2, -0.15) is 0 Å². The molecule has 20 heavy (non-hydrogen) atoms. The Morgan fingerprint density at radius 3 is 2.95 bits per heavy atom. The Labute approximate surface area is 120 Å². The molecule has 0 radical (unpaired) electrons. The third-order valence-electron chi connectivity index (χ3n) is 4.58. The van der Waals surface area contributed by atoms with Crippen molar-refractivity contribution in [2.75, 3.05) is 7.05 Å². The number of amides is 1. The molecule has 1 aromatic heterocycles. The molecule has 1 heterocycles. The zero-order valence-corrected chi connectivity index (χ0v) is 12.2. The second kappa shape index (κ2) is 5.31. The molecule has 1 aliphatic rings. The Kier molecular flexibility index (Phi) is 3.51. The molecule has 0 bridgehead atoms. The third-order valence-corrected chi connectivity index (χ3v) is 4.58. The molecule has 1 amide bonds. The first-order valence-electron chi connectivity index (χ1n) is 7.49. The normalized spacial score (nSPS) is 22.9. The number of aromatic nitrogens is 1. The van der Waals surface area contributed by atoms with Crippen LogP contribution in [0.15, 0.2) is 30.5 Å². The number of hydrogen-bond donors (Lipinski definition) is 1. The Hall–Kier alpha value is -1.77. The van der Waals surface area contributed by atoms with Crippen molar-refractivity contribution >= 4 is 16.8 Å². The minimum atomic E-state index is 0.146. The lowest BCUT2D eigenvalue weighted by Gasteiger charge is -2.34. The second-order valence-corrected chi connectivity index (χ2v) is 6.12. The van der Waals surface area contributed by atoms with Gasteiger partial charge in [-0.05, 0) is 43.0 Å². The van der Waals surface area contributed by atoms with Gasteiger partial charge in [0.1, 0.15) is 0 Å². The summed E-state index contributed by atoms with van der Waals surface area (Å²) in [6, 6.07) is 8.29. The fourth-order valence-corrected chi connectivity index (χ4v) is 3.31. The number of fused-ring (bicyclic) bond motifs is 1. The molecule has 1 saturated carbocycles. The standard InChI is InChI=1S/C17H22N2O/c1-12-4-3-5-15(10-12)19(2)17(20)14-6-7-16-13(11-14)8-9-18-16/h6-9,11-12,15,18H,3-5,10H2,1-2H3. The lowest BCUT2D eigenvalue weighted by molar-refractivity contribution is 0.0672. The predicted molar refractivity (Wildman–Crippen MR) is 81.8 cm³/mol. The van der Waals surface area contributed by atoms with E-state index in [1.165, 1.54) is 12.8 Å². The molecule has 0 aliphatic heterocycles. The van der Waals surface area contributed by atoms with Crippen molar-refractivity contribution < 1.29 is 4.79 Å². The van der Waals surface area contributed by atoms with Crippen molar-refractivity contribution in [3.8, 4) is 0 Å². The number of rotatable bonds is 2. The first-order valence-corrected chi connectivity index (χ1v) is 7.49. The number of nitrogens with one attached hydrogen (secondary N) is 1. The van der Waals surface area contributed by atoms with E-state index in [0.717, 1.165) is 35.2 Å². The highest BCUT2D eigenvalue weighted by Gasteiger charge is 2.26. The van der Waals surface area contributed by atoms with Gasteiger partial charge in [-0.3, -0.25) is 4.79 Å². The largest absolute Gasteiger partial charge is 0.361 e. The van der Waals surface area contributed by atoms with E-state index >= 15 is 0 Å². The maximum atomic E-state index is 12.6. The van der Waals surface area contributed by atoms with Gasteiger partial charge in [-0.25, -0.2) is 0 Å². The second-order valence-electron chi connectivity index (χ2n) is 6.12. The molecule has 106 valence electrons. The lowest BCUT2D eigenvalue weighted by atomic mass is 9.86. The van der Waals surface area contributed by atoms with Crippen LogP contribution in [0, 0.1) is 5.92 Å². The third kappa shape index (κ3) is 2.45. The van der Waals surface area contributed by atoms with Crippen LogP contribution in [0.25, 0.3) is 10.9 Å². The predicted octanol–water partition coefficient (Wildman–Crippen LogP) is 3.82. The molecule has 1 N–H and O–H groups in total. The van der Waals surface area contributed by atoms with Crippen molar-refractivity contribution in [2.24, 2.45) is 5.92 Å². The van der Waals surface area contributed by atoms with Gasteiger partial charge >= 0.3 is 0 Å². The number of H-pyrrole nitrogens is 1. The van der Waals surface area contributed by atoms with Crippen LogP contribution >= 0.6 is 0 Å². The summed E-state index contributed by atoms with van der Waals surface area (Å²) in [6.45, 7) is 2.29. The zero-order valence-electron chi connectivity index (χ0n) is 12.2. The van der Waals surface area contributed by atoms with E-state index in [0.29, 0.717) is 6.04 Å². The van der Waals surface area contributed by atoms with Crippen molar-refractivity contribution in [1.29, 1.82) is 0 Å². The molecule has 0 spiro atoms. The van der Waals surface area contributed by atoms with E-state index in [1.54, 1.807) is 0 Å². The molecule has 1 aliphatic carbocycles. The van der Waals surface area contributed by atoms with Crippen molar-refractivity contribution in [1.82, 2.24) is 9.88 Å². The van der Waals surface area contributed by atoms with Gasteiger partial charge in [-0.15, -0.1) is 0 Å². The molecular weight excluding hydrogens is 248 g/mol. The van der Waals surface area contributed by atoms with Crippen LogP contribution in [-0.2, 0) is 0 Å². The Morgan fingerprint density at radius 2 is 2.15 bits per heavy atom. The van der Waals surface area contributed by atoms with Crippen LogP contribution in [0.4, 0.5) is 0 Å². The highest BCUT2D eigenvalue weighted by molar-refractivity contribution is 5.98. The molecular formula is C17H22N2O. The van der Waals surface area contributed by atoms with Gasteiger partial charge in [0.15, 0.2) is 0 Å². The van der Waals surface area contributed by atoms with Crippen molar-refractivity contribution in [3.63, 3.8) is 0 Å². The number of aromatic amines is 1. The minimum Gasteiger partial charge on any atom is -0.361 e. The van der Waals surface area contributed by atoms with Gasteiger partial charge in [0.2, 0.25) is 0 Å². The number of carbonyl (C=O) groups is 1. The van der Waals surface area contributed by atoms with E-state index in [2.05, 4.69) is 11.9 Å². The minimum absolute atomic E-state index is 0.146. The molecule has 2 atom stereocenters. The van der Waals surface area contributed by atoms with E-state index in [9.17, 15) is 4.79 Å². The van der Waals surface area contributed by atoms with Crippen molar-refractivity contribution in [2.45, 2.75) is 38.6 Å². The average Bonchev–Trinajstić information content (AvgIpc) is 2.93. The monoisotopic (exact) mass is 270 g/mol. The lowest BCUT2D eigenvalue weighted by Crippen LogP contribution is -2.39. The van der Waals surface area contributed by atoms with Crippen LogP contribution in [0.5, 0.6) is 0 Å². The Morgan fingerprint density at radius 1 is 1.30 bits per heavy atom. The molecule has 2 aromatic rings. The quantitative estimate of drug-likeness (QED) is 0.884. The molecule has 3 rings (SSSR count). The van der Waals surface area contributed by atoms with Crippen molar-refractivity contribution in [3.05, 3.63) is 36.0 Å². The first kappa shape index (κ1) is 13.2. The summed E-state index contributed by atoms with van der Waals surface area (Å²) in [6.07, 6.45) is 6.72. The fourth-order valence-electron chi connectivity index (χ4n) is 3.31. The summed E-state index contributed by atoms with van der Waals surface area (Å²) in [5, 5.41) is 1.10. The summed E-state index contributed by atoms with van der Waals surface area (Å²) in [5.74, 6) is 0.878. The maximum absolute atomic E-state index is 12.6. The summed E-state index contributed by atoms with van der Waals surface area (Å²) in [4.78, 5) is 17.7. The SMILES string of the molecule is CC1CCCC(N(C)C(=O)c2ccc3[nH]ccc3c2)C1. The molecule has 2 unspecified atom stereocenters. The zero-order chi connectivity index (χ0) is 14.1. The smallest absolute Gasteiger partial charge is 0.253 e. The highest BCUT2D eigenvalue weighted by atomic mass is 16.2. The number of hydrogen-bond acceptors (Lipinski definition) is 1. The topological polar surface area (TPSA) is 36.1 Å². The molecule has 1 fully saturated rings. The van der Waals surface area contributed by atoms with Gasteiger partial charge < -0.3 is 9.88 Å². The van der Waals surface area contributed by atoms with Gasteiger partial charge in [0.05, 0.1) is 0 Å². The first-order chi connectivity index (χ1) is 9.65. The van der Waals surface area contributed by atoms with E-state index < -0.39 is 0 Å². The summed E-state index contributed by atoms with van der Waals surface area (Å²) in [7, 11) is 1.95. The fraction of sp³-hybridized carbons (Fsp3) is 0.471. The summed E-state index contributed by atoms with van der Waals surface area (Å²) in [5.41, 5.74) is 1.87. The van der Waals surface area contributed by atoms with Crippen LogP contribution in [0.2, 0.25) is 0 Å². The molecule has 3 nitrogen and oxygen atoms in total. The Balaban J connectivity index is 1.79. The number of nitrogens with zero attached hydrogens (tertiary/aromatic N) is 1. The summed E-state index contributed by atoms with van der Waals surface area (Å²) < 4.78 is 0. The number of benzene rings is 1. The van der Waals surface area contributed by atoms with Gasteiger partial charge in [-0.1, -0.05) is 19.8 Å². The van der Waals surface area contributed by atoms with Crippen LogP contribution < -0.4 is 0 Å². The van der Waals surface area contributed by atoms with Gasteiger partial charge in [0, 0.05) is 35.8 Å². The highest BCUT2D eigenvalue weighted by Crippen LogP contribution is 2.27. The van der Waals surface area contributed by atoms with E-state index in [4.69, 9.17) is 0 Å². The molecule has 1 aromatic carbocycles. The maximum Gasteiger partial charge on any atom is 0.253 e. The van der Waals surface area contributed by atoms with E-state index in [1.807, 2.05) is 42.4 Å². The van der Waals surface area contributed by atoms with Crippen LogP contribution in [-0.4, -0.2) is 28.9 Å². The van der Waals surface area contributed by atoms with Crippen LogP contribution in [0.3, 0.4) is 0 Å². The van der Waals surface area contributed by atoms with E-state index in [-0.39, 0.29) is 5.91 Å². The Bertz CT molecular complexity index is 616. The molecule has 0 saturated heterocycles. The number of carbonyl (C=O) groups excluding carboxylic acids is 1.